The molecule has 1 rings (SSSR count). The molecule has 3 nitrogen and oxygen atoms in total. The zero-order valence-corrected chi connectivity index (χ0v) is 8.22. The third-order valence-electron chi connectivity index (χ3n) is 1.85. The van der Waals surface area contributed by atoms with E-state index in [1.165, 1.54) is 6.07 Å². The Morgan fingerprint density at radius 2 is 2.29 bits per heavy atom. The van der Waals surface area contributed by atoms with Crippen LogP contribution in [0.3, 0.4) is 0 Å². The molecule has 0 spiro atoms. The van der Waals surface area contributed by atoms with E-state index in [0.29, 0.717) is 6.61 Å². The van der Waals surface area contributed by atoms with E-state index in [-0.39, 0.29) is 11.5 Å². The van der Waals surface area contributed by atoms with Crippen LogP contribution in [0.1, 0.15) is 6.42 Å². The van der Waals surface area contributed by atoms with Gasteiger partial charge in [0.25, 0.3) is 0 Å². The highest BCUT2D eigenvalue weighted by Gasteiger charge is 1.98. The monoisotopic (exact) mass is 198 g/mol. The van der Waals surface area contributed by atoms with Gasteiger partial charge in [0.2, 0.25) is 0 Å². The van der Waals surface area contributed by atoms with Crippen molar-refractivity contribution in [1.82, 2.24) is 0 Å². The number of ether oxygens (including phenoxy) is 1. The molecule has 0 bridgehead atoms. The van der Waals surface area contributed by atoms with Crippen molar-refractivity contribution < 1.29 is 9.13 Å². The van der Waals surface area contributed by atoms with Gasteiger partial charge in [-0.3, -0.25) is 0 Å². The highest BCUT2D eigenvalue weighted by Crippen LogP contribution is 2.15. The number of halogens is 1. The fourth-order valence-corrected chi connectivity index (χ4v) is 1.09. The van der Waals surface area contributed by atoms with Crippen LogP contribution in [0.5, 0.6) is 0 Å². The van der Waals surface area contributed by atoms with Gasteiger partial charge in [0.05, 0.1) is 5.69 Å². The van der Waals surface area contributed by atoms with Gasteiger partial charge in [-0.15, -0.1) is 0 Å². The second-order valence-corrected chi connectivity index (χ2v) is 3.01. The van der Waals surface area contributed by atoms with E-state index in [2.05, 4.69) is 5.32 Å². The number of hydrogen-bond donors (Lipinski definition) is 2. The smallest absolute Gasteiger partial charge is 0.148 e. The molecule has 4 heteroatoms. The predicted octanol–water partition coefficient (Wildman–Crippen LogP) is 1.86. The summed E-state index contributed by atoms with van der Waals surface area (Å²) in [7, 11) is 1.66. The van der Waals surface area contributed by atoms with Crippen molar-refractivity contribution in [1.29, 1.82) is 0 Å². The van der Waals surface area contributed by atoms with Crippen molar-refractivity contribution in [2.75, 3.05) is 31.3 Å². The summed E-state index contributed by atoms with van der Waals surface area (Å²) in [6, 6.07) is 4.70. The molecule has 0 saturated heterocycles. The molecule has 3 N–H and O–H groups in total. The van der Waals surface area contributed by atoms with Crippen molar-refractivity contribution in [2.45, 2.75) is 6.42 Å². The van der Waals surface area contributed by atoms with Crippen LogP contribution in [-0.4, -0.2) is 20.3 Å². The first kappa shape index (κ1) is 10.8. The number of nitrogens with one attached hydrogen (secondary N) is 1. The molecule has 0 aliphatic heterocycles. The van der Waals surface area contributed by atoms with E-state index < -0.39 is 0 Å². The topological polar surface area (TPSA) is 47.3 Å². The summed E-state index contributed by atoms with van der Waals surface area (Å²) >= 11 is 0. The summed E-state index contributed by atoms with van der Waals surface area (Å²) in [5, 5.41) is 3.07. The summed E-state index contributed by atoms with van der Waals surface area (Å²) < 4.78 is 17.9. The van der Waals surface area contributed by atoms with Crippen LogP contribution in [0.25, 0.3) is 0 Å². The average Bonchev–Trinajstić information content (AvgIpc) is 2.18. The SMILES string of the molecule is COCCCNc1ccc(N)c(F)c1. The van der Waals surface area contributed by atoms with Crippen LogP contribution in [0.15, 0.2) is 18.2 Å². The maximum Gasteiger partial charge on any atom is 0.148 e. The molecule has 0 amide bonds. The number of rotatable bonds is 5. The van der Waals surface area contributed by atoms with Gasteiger partial charge in [-0.1, -0.05) is 0 Å². The Balaban J connectivity index is 2.39. The number of nitrogen functional groups attached to an aromatic ring is 1. The fourth-order valence-electron chi connectivity index (χ4n) is 1.09. The molecule has 0 atom stereocenters. The van der Waals surface area contributed by atoms with Crippen LogP contribution in [-0.2, 0) is 4.74 Å². The zero-order chi connectivity index (χ0) is 10.4. The highest BCUT2D eigenvalue weighted by molar-refractivity contribution is 5.52. The molecule has 0 aromatic heterocycles. The summed E-state index contributed by atoms with van der Waals surface area (Å²) in [6.07, 6.45) is 0.891. The molecule has 0 saturated carbocycles. The Bertz CT molecular complexity index is 291. The van der Waals surface area contributed by atoms with E-state index >= 15 is 0 Å². The minimum atomic E-state index is -0.387. The largest absolute Gasteiger partial charge is 0.396 e. The van der Waals surface area contributed by atoms with E-state index in [0.717, 1.165) is 18.7 Å². The number of benzene rings is 1. The van der Waals surface area contributed by atoms with Crippen LogP contribution < -0.4 is 11.1 Å². The molecule has 78 valence electrons. The van der Waals surface area contributed by atoms with Crippen LogP contribution in [0, 0.1) is 5.82 Å². The van der Waals surface area contributed by atoms with Gasteiger partial charge in [0.15, 0.2) is 0 Å². The molecule has 0 aliphatic carbocycles. The minimum absolute atomic E-state index is 0.174. The lowest BCUT2D eigenvalue weighted by Gasteiger charge is -2.06. The normalized spacial score (nSPS) is 10.1. The second kappa shape index (κ2) is 5.44. The fraction of sp³-hybridized carbons (Fsp3) is 0.400. The third kappa shape index (κ3) is 3.22. The molecular weight excluding hydrogens is 183 g/mol. The van der Waals surface area contributed by atoms with Gasteiger partial charge in [-0.25, -0.2) is 4.39 Å². The Morgan fingerprint density at radius 1 is 1.50 bits per heavy atom. The number of nitrogens with two attached hydrogens (primary N) is 1. The molecule has 0 radical (unpaired) electrons. The van der Waals surface area contributed by atoms with Crippen molar-refractivity contribution >= 4 is 11.4 Å². The van der Waals surface area contributed by atoms with E-state index in [4.69, 9.17) is 10.5 Å². The number of methoxy groups -OCH3 is 1. The Labute approximate surface area is 83.1 Å². The maximum atomic E-state index is 13.0. The van der Waals surface area contributed by atoms with Crippen LogP contribution in [0.4, 0.5) is 15.8 Å². The third-order valence-corrected chi connectivity index (χ3v) is 1.85. The molecule has 0 unspecified atom stereocenters. The van der Waals surface area contributed by atoms with Gasteiger partial charge < -0.3 is 15.8 Å². The molecule has 1 aromatic rings. The number of anilines is 2. The lowest BCUT2D eigenvalue weighted by Crippen LogP contribution is -2.05. The van der Waals surface area contributed by atoms with Crippen molar-refractivity contribution in [3.8, 4) is 0 Å². The Morgan fingerprint density at radius 3 is 2.93 bits per heavy atom. The van der Waals surface area contributed by atoms with Gasteiger partial charge in [0.1, 0.15) is 5.82 Å². The summed E-state index contributed by atoms with van der Waals surface area (Å²) in [6.45, 7) is 1.46. The Kier molecular flexibility index (Phi) is 4.19. The van der Waals surface area contributed by atoms with Crippen molar-refractivity contribution in [3.63, 3.8) is 0 Å². The van der Waals surface area contributed by atoms with E-state index in [9.17, 15) is 4.39 Å². The van der Waals surface area contributed by atoms with E-state index in [1.54, 1.807) is 19.2 Å². The van der Waals surface area contributed by atoms with Crippen LogP contribution in [0.2, 0.25) is 0 Å². The van der Waals surface area contributed by atoms with Gasteiger partial charge in [-0.05, 0) is 24.6 Å². The standard InChI is InChI=1S/C10H15FN2O/c1-14-6-2-5-13-8-3-4-10(12)9(11)7-8/h3-4,7,13H,2,5-6,12H2,1H3. The number of hydrogen-bond acceptors (Lipinski definition) is 3. The van der Waals surface area contributed by atoms with E-state index in [1.807, 2.05) is 0 Å². The van der Waals surface area contributed by atoms with Crippen molar-refractivity contribution in [3.05, 3.63) is 24.0 Å². The first-order valence-corrected chi connectivity index (χ1v) is 4.52. The Hall–Kier alpha value is -1.29. The summed E-state index contributed by atoms with van der Waals surface area (Å²) in [5.74, 6) is -0.387. The second-order valence-electron chi connectivity index (χ2n) is 3.01. The van der Waals surface area contributed by atoms with Gasteiger partial charge >= 0.3 is 0 Å². The van der Waals surface area contributed by atoms with Gasteiger partial charge in [0, 0.05) is 25.9 Å². The molecule has 0 heterocycles. The maximum absolute atomic E-state index is 13.0. The first-order valence-electron chi connectivity index (χ1n) is 4.52. The lowest BCUT2D eigenvalue weighted by atomic mass is 10.2. The molecular formula is C10H15FN2O. The van der Waals surface area contributed by atoms with Gasteiger partial charge in [-0.2, -0.15) is 0 Å². The van der Waals surface area contributed by atoms with Crippen molar-refractivity contribution in [2.24, 2.45) is 0 Å². The lowest BCUT2D eigenvalue weighted by molar-refractivity contribution is 0.198. The highest BCUT2D eigenvalue weighted by atomic mass is 19.1. The molecule has 0 aliphatic rings. The zero-order valence-electron chi connectivity index (χ0n) is 8.22. The quantitative estimate of drug-likeness (QED) is 0.560. The summed E-state index contributed by atoms with van der Waals surface area (Å²) in [5.41, 5.74) is 6.26. The molecule has 0 fully saturated rings. The van der Waals surface area contributed by atoms with Crippen LogP contribution >= 0.6 is 0 Å². The summed E-state index contributed by atoms with van der Waals surface area (Å²) in [4.78, 5) is 0. The minimum Gasteiger partial charge on any atom is -0.396 e. The molecule has 1 aromatic carbocycles. The first-order chi connectivity index (χ1) is 6.74. The molecule has 14 heavy (non-hydrogen) atoms. The average molecular weight is 198 g/mol. The predicted molar refractivity (Wildman–Crippen MR) is 55.8 cm³/mol.